The minimum Gasteiger partial charge on any atom is -0.421 e. The van der Waals surface area contributed by atoms with Crippen LogP contribution in [0.15, 0.2) is 57.8 Å². The molecule has 28 heavy (non-hydrogen) atoms. The average Bonchev–Trinajstić information content (AvgIpc) is 3.10. The van der Waals surface area contributed by atoms with Gasteiger partial charge in [-0.25, -0.2) is 13.1 Å². The van der Waals surface area contributed by atoms with E-state index in [0.717, 1.165) is 16.7 Å². The van der Waals surface area contributed by atoms with Crippen LogP contribution in [0.2, 0.25) is 0 Å². The van der Waals surface area contributed by atoms with Gasteiger partial charge < -0.3 is 4.42 Å². The normalized spacial score (nSPS) is 12.3. The molecular formula is C21H25N3O3S. The number of rotatable bonds is 6. The molecule has 3 aromatic rings. The Hall–Kier alpha value is -2.51. The molecule has 0 saturated carbocycles. The molecule has 0 unspecified atom stereocenters. The molecule has 148 valence electrons. The number of nitrogens with one attached hydrogen (secondary N) is 1. The standard InChI is InChI=1S/C21H25N3O3S/c1-15-7-5-6-8-18(15)20-24-23-19(27-20)13-14-22-28(25,26)17-11-9-16(10-12-17)21(2,3)4/h5-12,22H,13-14H2,1-4H3. The van der Waals surface area contributed by atoms with Crippen molar-refractivity contribution in [3.05, 3.63) is 65.5 Å². The number of aromatic nitrogens is 2. The molecule has 0 bridgehead atoms. The van der Waals surface area contributed by atoms with E-state index in [-0.39, 0.29) is 16.9 Å². The van der Waals surface area contributed by atoms with Gasteiger partial charge >= 0.3 is 0 Å². The molecule has 0 saturated heterocycles. The summed E-state index contributed by atoms with van der Waals surface area (Å²) >= 11 is 0. The lowest BCUT2D eigenvalue weighted by Gasteiger charge is -2.19. The number of sulfonamides is 1. The molecule has 0 fully saturated rings. The topological polar surface area (TPSA) is 85.1 Å². The van der Waals surface area contributed by atoms with Gasteiger partial charge in [0.1, 0.15) is 0 Å². The van der Waals surface area contributed by atoms with Gasteiger partial charge in [0.25, 0.3) is 0 Å². The maximum atomic E-state index is 12.5. The summed E-state index contributed by atoms with van der Waals surface area (Å²) in [5, 5.41) is 8.07. The quantitative estimate of drug-likeness (QED) is 0.680. The molecule has 1 N–H and O–H groups in total. The first-order valence-electron chi connectivity index (χ1n) is 9.15. The van der Waals surface area contributed by atoms with Gasteiger partial charge in [0, 0.05) is 18.5 Å². The zero-order valence-corrected chi connectivity index (χ0v) is 17.4. The van der Waals surface area contributed by atoms with E-state index in [2.05, 4.69) is 35.7 Å². The maximum Gasteiger partial charge on any atom is 0.247 e. The molecular weight excluding hydrogens is 374 g/mol. The minimum atomic E-state index is -3.58. The van der Waals surface area contributed by atoms with Gasteiger partial charge in [0.15, 0.2) is 0 Å². The molecule has 2 aromatic carbocycles. The summed E-state index contributed by atoms with van der Waals surface area (Å²) in [6.07, 6.45) is 0.318. The van der Waals surface area contributed by atoms with Crippen molar-refractivity contribution in [2.75, 3.05) is 6.54 Å². The fraction of sp³-hybridized carbons (Fsp3) is 0.333. The molecule has 7 heteroatoms. The number of aryl methyl sites for hydroxylation is 1. The molecule has 0 radical (unpaired) electrons. The van der Waals surface area contributed by atoms with Crippen LogP contribution in [0.5, 0.6) is 0 Å². The molecule has 0 atom stereocenters. The second-order valence-electron chi connectivity index (χ2n) is 7.74. The van der Waals surface area contributed by atoms with Crippen LogP contribution in [0.1, 0.15) is 37.8 Å². The monoisotopic (exact) mass is 399 g/mol. The molecule has 3 rings (SSSR count). The number of benzene rings is 2. The molecule has 0 aliphatic carbocycles. The Kier molecular flexibility index (Phi) is 5.67. The predicted molar refractivity (Wildman–Crippen MR) is 109 cm³/mol. The van der Waals surface area contributed by atoms with E-state index in [4.69, 9.17) is 4.42 Å². The fourth-order valence-electron chi connectivity index (χ4n) is 2.79. The summed E-state index contributed by atoms with van der Waals surface area (Å²) in [4.78, 5) is 0.242. The average molecular weight is 400 g/mol. The summed E-state index contributed by atoms with van der Waals surface area (Å²) in [6, 6.07) is 14.7. The van der Waals surface area contributed by atoms with Crippen LogP contribution in [0, 0.1) is 6.92 Å². The highest BCUT2D eigenvalue weighted by Crippen LogP contribution is 2.24. The Morgan fingerprint density at radius 1 is 1.00 bits per heavy atom. The maximum absolute atomic E-state index is 12.5. The van der Waals surface area contributed by atoms with Crippen molar-refractivity contribution < 1.29 is 12.8 Å². The van der Waals surface area contributed by atoms with Crippen LogP contribution in [0.3, 0.4) is 0 Å². The van der Waals surface area contributed by atoms with Crippen molar-refractivity contribution in [1.29, 1.82) is 0 Å². The smallest absolute Gasteiger partial charge is 0.247 e. The van der Waals surface area contributed by atoms with E-state index in [1.54, 1.807) is 12.1 Å². The van der Waals surface area contributed by atoms with Crippen molar-refractivity contribution in [2.45, 2.75) is 44.4 Å². The second-order valence-corrected chi connectivity index (χ2v) is 9.50. The third-order valence-corrected chi connectivity index (χ3v) is 5.98. The Bertz CT molecular complexity index is 1050. The van der Waals surface area contributed by atoms with E-state index < -0.39 is 10.0 Å². The van der Waals surface area contributed by atoms with Crippen LogP contribution in [-0.4, -0.2) is 25.2 Å². The lowest BCUT2D eigenvalue weighted by molar-refractivity contribution is 0.501. The Balaban J connectivity index is 1.62. The molecule has 0 spiro atoms. The molecule has 0 aliphatic rings. The first kappa shape index (κ1) is 20.2. The van der Waals surface area contributed by atoms with Crippen molar-refractivity contribution in [2.24, 2.45) is 0 Å². The predicted octanol–water partition coefficient (Wildman–Crippen LogP) is 3.86. The summed E-state index contributed by atoms with van der Waals surface area (Å²) in [6.45, 7) is 8.41. The van der Waals surface area contributed by atoms with Gasteiger partial charge in [-0.15, -0.1) is 10.2 Å². The molecule has 0 aliphatic heterocycles. The Morgan fingerprint density at radius 2 is 1.68 bits per heavy atom. The van der Waals surface area contributed by atoms with Crippen LogP contribution in [0.4, 0.5) is 0 Å². The Labute approximate surface area is 166 Å². The first-order chi connectivity index (χ1) is 13.2. The van der Waals surface area contributed by atoms with Crippen LogP contribution in [0.25, 0.3) is 11.5 Å². The summed E-state index contributed by atoms with van der Waals surface area (Å²) in [5.74, 6) is 0.831. The third kappa shape index (κ3) is 4.66. The zero-order chi connectivity index (χ0) is 20.4. The summed E-state index contributed by atoms with van der Waals surface area (Å²) in [5.41, 5.74) is 2.97. The number of hydrogen-bond donors (Lipinski definition) is 1. The van der Waals surface area contributed by atoms with E-state index in [9.17, 15) is 8.42 Å². The van der Waals surface area contributed by atoms with Gasteiger partial charge in [0.05, 0.1) is 4.90 Å². The SMILES string of the molecule is Cc1ccccc1-c1nnc(CCNS(=O)(=O)c2ccc(C(C)(C)C)cc2)o1. The van der Waals surface area contributed by atoms with E-state index in [0.29, 0.717) is 18.2 Å². The highest BCUT2D eigenvalue weighted by Gasteiger charge is 2.18. The van der Waals surface area contributed by atoms with Crippen LogP contribution < -0.4 is 4.72 Å². The summed E-state index contributed by atoms with van der Waals surface area (Å²) in [7, 11) is -3.58. The van der Waals surface area contributed by atoms with E-state index in [1.807, 2.05) is 43.3 Å². The van der Waals surface area contributed by atoms with Crippen molar-refractivity contribution in [1.82, 2.24) is 14.9 Å². The molecule has 6 nitrogen and oxygen atoms in total. The lowest BCUT2D eigenvalue weighted by Crippen LogP contribution is -2.26. The van der Waals surface area contributed by atoms with Crippen molar-refractivity contribution in [3.8, 4) is 11.5 Å². The Morgan fingerprint density at radius 3 is 2.32 bits per heavy atom. The van der Waals surface area contributed by atoms with Gasteiger partial charge in [-0.3, -0.25) is 0 Å². The second kappa shape index (κ2) is 7.85. The van der Waals surface area contributed by atoms with Crippen LogP contribution >= 0.6 is 0 Å². The fourth-order valence-corrected chi connectivity index (χ4v) is 3.82. The highest BCUT2D eigenvalue weighted by atomic mass is 32.2. The van der Waals surface area contributed by atoms with Gasteiger partial charge in [0.2, 0.25) is 21.8 Å². The number of hydrogen-bond acceptors (Lipinski definition) is 5. The van der Waals surface area contributed by atoms with Gasteiger partial charge in [-0.1, -0.05) is 51.1 Å². The lowest BCUT2D eigenvalue weighted by atomic mass is 9.87. The molecule has 1 aromatic heterocycles. The molecule has 0 amide bonds. The zero-order valence-electron chi connectivity index (χ0n) is 16.6. The van der Waals surface area contributed by atoms with E-state index >= 15 is 0 Å². The van der Waals surface area contributed by atoms with Crippen molar-refractivity contribution in [3.63, 3.8) is 0 Å². The molecule has 1 heterocycles. The minimum absolute atomic E-state index is 0.0253. The number of nitrogens with zero attached hydrogens (tertiary/aromatic N) is 2. The first-order valence-corrected chi connectivity index (χ1v) is 10.6. The summed E-state index contributed by atoms with van der Waals surface area (Å²) < 4.78 is 33.2. The van der Waals surface area contributed by atoms with Crippen molar-refractivity contribution >= 4 is 10.0 Å². The highest BCUT2D eigenvalue weighted by molar-refractivity contribution is 7.89. The van der Waals surface area contributed by atoms with E-state index in [1.165, 1.54) is 0 Å². The van der Waals surface area contributed by atoms with Gasteiger partial charge in [-0.2, -0.15) is 0 Å². The van der Waals surface area contributed by atoms with Crippen LogP contribution in [-0.2, 0) is 21.9 Å². The largest absolute Gasteiger partial charge is 0.421 e. The van der Waals surface area contributed by atoms with Gasteiger partial charge in [-0.05, 0) is 41.7 Å². The third-order valence-electron chi connectivity index (χ3n) is 4.50.